The average molecular weight is 287 g/mol. The number of aryl methyl sites for hydroxylation is 1. The van der Waals surface area contributed by atoms with Crippen molar-refractivity contribution in [3.8, 4) is 11.4 Å². The van der Waals surface area contributed by atoms with Crippen LogP contribution in [-0.4, -0.2) is 21.3 Å². The van der Waals surface area contributed by atoms with Gasteiger partial charge < -0.3 is 9.67 Å². The highest BCUT2D eigenvalue weighted by molar-refractivity contribution is 6.31. The fourth-order valence-electron chi connectivity index (χ4n) is 2.35. The largest absolute Gasteiger partial charge is 0.395 e. The van der Waals surface area contributed by atoms with Gasteiger partial charge in [0.1, 0.15) is 5.82 Å². The molecule has 0 saturated heterocycles. The Balaban J connectivity index is 2.22. The van der Waals surface area contributed by atoms with Crippen molar-refractivity contribution in [3.63, 3.8) is 0 Å². The molecule has 0 amide bonds. The maximum atomic E-state index is 9.29. The van der Waals surface area contributed by atoms with Crippen LogP contribution >= 0.6 is 11.6 Å². The van der Waals surface area contributed by atoms with Crippen molar-refractivity contribution in [3.05, 3.63) is 53.1 Å². The molecule has 0 saturated carbocycles. The van der Waals surface area contributed by atoms with Crippen LogP contribution in [0.15, 0.2) is 42.5 Å². The van der Waals surface area contributed by atoms with Gasteiger partial charge in [0.2, 0.25) is 0 Å². The molecule has 0 aliphatic heterocycles. The van der Waals surface area contributed by atoms with Gasteiger partial charge in [0.25, 0.3) is 0 Å². The summed E-state index contributed by atoms with van der Waals surface area (Å²) in [5, 5.41) is 9.96. The number of hydrogen-bond donors (Lipinski definition) is 1. The standard InChI is InChI=1S/C16H15ClN2O/c1-11-2-4-12(5-3-11)16-18-14-10-13(17)6-7-15(14)19(16)8-9-20/h2-7,10,20H,8-9H2,1H3. The smallest absolute Gasteiger partial charge is 0.141 e. The summed E-state index contributed by atoms with van der Waals surface area (Å²) in [6.45, 7) is 2.65. The minimum absolute atomic E-state index is 0.0763. The second kappa shape index (κ2) is 5.27. The van der Waals surface area contributed by atoms with E-state index in [4.69, 9.17) is 11.6 Å². The third-order valence-corrected chi connectivity index (χ3v) is 3.58. The minimum atomic E-state index is 0.0763. The first kappa shape index (κ1) is 13.2. The molecule has 0 atom stereocenters. The zero-order chi connectivity index (χ0) is 14.1. The first-order valence-electron chi connectivity index (χ1n) is 6.53. The van der Waals surface area contributed by atoms with Gasteiger partial charge in [-0.15, -0.1) is 0 Å². The zero-order valence-corrected chi connectivity index (χ0v) is 11.9. The summed E-state index contributed by atoms with van der Waals surface area (Å²) in [5.74, 6) is 0.858. The summed E-state index contributed by atoms with van der Waals surface area (Å²) in [4.78, 5) is 4.66. The first-order chi connectivity index (χ1) is 9.69. The lowest BCUT2D eigenvalue weighted by Gasteiger charge is -2.07. The van der Waals surface area contributed by atoms with Crippen molar-refractivity contribution in [1.29, 1.82) is 0 Å². The van der Waals surface area contributed by atoms with E-state index in [1.807, 2.05) is 34.9 Å². The second-order valence-electron chi connectivity index (χ2n) is 4.81. The van der Waals surface area contributed by atoms with Crippen LogP contribution in [0.2, 0.25) is 5.02 Å². The Morgan fingerprint density at radius 1 is 1.15 bits per heavy atom. The average Bonchev–Trinajstić information content (AvgIpc) is 2.78. The summed E-state index contributed by atoms with van der Waals surface area (Å²) in [7, 11) is 0. The lowest BCUT2D eigenvalue weighted by molar-refractivity contribution is 0.278. The molecule has 0 radical (unpaired) electrons. The molecular weight excluding hydrogens is 272 g/mol. The molecule has 3 rings (SSSR count). The molecule has 0 aliphatic rings. The first-order valence-corrected chi connectivity index (χ1v) is 6.90. The van der Waals surface area contributed by atoms with Crippen molar-refractivity contribution < 1.29 is 5.11 Å². The monoisotopic (exact) mass is 286 g/mol. The number of nitrogens with zero attached hydrogens (tertiary/aromatic N) is 2. The van der Waals surface area contributed by atoms with Gasteiger partial charge in [-0.25, -0.2) is 4.98 Å². The molecule has 0 fully saturated rings. The van der Waals surface area contributed by atoms with Gasteiger partial charge in [0.15, 0.2) is 0 Å². The maximum absolute atomic E-state index is 9.29. The van der Waals surface area contributed by atoms with Gasteiger partial charge in [-0.3, -0.25) is 0 Å². The van der Waals surface area contributed by atoms with E-state index in [-0.39, 0.29) is 6.61 Å². The van der Waals surface area contributed by atoms with E-state index in [0.717, 1.165) is 22.4 Å². The zero-order valence-electron chi connectivity index (χ0n) is 11.2. The van der Waals surface area contributed by atoms with Gasteiger partial charge in [-0.2, -0.15) is 0 Å². The van der Waals surface area contributed by atoms with Gasteiger partial charge in [-0.1, -0.05) is 41.4 Å². The van der Waals surface area contributed by atoms with Crippen LogP contribution in [0.3, 0.4) is 0 Å². The molecule has 0 spiro atoms. The van der Waals surface area contributed by atoms with E-state index in [9.17, 15) is 5.11 Å². The molecule has 4 heteroatoms. The van der Waals surface area contributed by atoms with Crippen LogP contribution in [0.4, 0.5) is 0 Å². The number of benzene rings is 2. The number of aliphatic hydroxyl groups is 1. The Kier molecular flexibility index (Phi) is 3.47. The summed E-state index contributed by atoms with van der Waals surface area (Å²) in [5.41, 5.74) is 4.08. The van der Waals surface area contributed by atoms with Gasteiger partial charge in [-0.05, 0) is 25.1 Å². The Morgan fingerprint density at radius 2 is 1.90 bits per heavy atom. The highest BCUT2D eigenvalue weighted by Gasteiger charge is 2.12. The van der Waals surface area contributed by atoms with Crippen molar-refractivity contribution in [2.24, 2.45) is 0 Å². The van der Waals surface area contributed by atoms with E-state index in [1.165, 1.54) is 5.56 Å². The predicted octanol–water partition coefficient (Wildman–Crippen LogP) is 3.66. The summed E-state index contributed by atoms with van der Waals surface area (Å²) in [6.07, 6.45) is 0. The molecular formula is C16H15ClN2O. The molecule has 3 aromatic rings. The van der Waals surface area contributed by atoms with Crippen molar-refractivity contribution in [2.45, 2.75) is 13.5 Å². The molecule has 20 heavy (non-hydrogen) atoms. The fourth-order valence-corrected chi connectivity index (χ4v) is 2.52. The molecule has 1 aromatic heterocycles. The third kappa shape index (κ3) is 2.30. The predicted molar refractivity (Wildman–Crippen MR) is 82.0 cm³/mol. The van der Waals surface area contributed by atoms with Gasteiger partial charge in [0.05, 0.1) is 17.6 Å². The van der Waals surface area contributed by atoms with Crippen LogP contribution in [0.1, 0.15) is 5.56 Å². The second-order valence-corrected chi connectivity index (χ2v) is 5.25. The highest BCUT2D eigenvalue weighted by atomic mass is 35.5. The van der Waals surface area contributed by atoms with Crippen LogP contribution < -0.4 is 0 Å². The van der Waals surface area contributed by atoms with Crippen LogP contribution in [0.5, 0.6) is 0 Å². The molecule has 1 N–H and O–H groups in total. The molecule has 102 valence electrons. The van der Waals surface area contributed by atoms with Crippen LogP contribution in [0, 0.1) is 6.92 Å². The molecule has 0 bridgehead atoms. The SMILES string of the molecule is Cc1ccc(-c2nc3cc(Cl)ccc3n2CCO)cc1. The number of imidazole rings is 1. The molecule has 3 nitrogen and oxygen atoms in total. The van der Waals surface area contributed by atoms with Crippen LogP contribution in [-0.2, 0) is 6.54 Å². The lowest BCUT2D eigenvalue weighted by atomic mass is 10.1. The third-order valence-electron chi connectivity index (χ3n) is 3.34. The summed E-state index contributed by atoms with van der Waals surface area (Å²) in [6, 6.07) is 13.9. The topological polar surface area (TPSA) is 38.0 Å². The van der Waals surface area contributed by atoms with Crippen molar-refractivity contribution in [1.82, 2.24) is 9.55 Å². The normalized spacial score (nSPS) is 11.2. The Morgan fingerprint density at radius 3 is 2.60 bits per heavy atom. The molecule has 0 unspecified atom stereocenters. The quantitative estimate of drug-likeness (QED) is 0.798. The number of aromatic nitrogens is 2. The number of fused-ring (bicyclic) bond motifs is 1. The van der Waals surface area contributed by atoms with E-state index >= 15 is 0 Å². The number of rotatable bonds is 3. The number of hydrogen-bond acceptors (Lipinski definition) is 2. The van der Waals surface area contributed by atoms with Crippen LogP contribution in [0.25, 0.3) is 22.4 Å². The Hall–Kier alpha value is -1.84. The van der Waals surface area contributed by atoms with E-state index in [2.05, 4.69) is 24.0 Å². The van der Waals surface area contributed by atoms with E-state index < -0.39 is 0 Å². The van der Waals surface area contributed by atoms with E-state index in [0.29, 0.717) is 11.6 Å². The molecule has 0 aliphatic carbocycles. The molecule has 2 aromatic carbocycles. The lowest BCUT2D eigenvalue weighted by Crippen LogP contribution is -2.04. The maximum Gasteiger partial charge on any atom is 0.141 e. The van der Waals surface area contributed by atoms with Crippen molar-refractivity contribution in [2.75, 3.05) is 6.61 Å². The molecule has 1 heterocycles. The number of halogens is 1. The van der Waals surface area contributed by atoms with Crippen molar-refractivity contribution >= 4 is 22.6 Å². The Labute approximate surface area is 122 Å². The van der Waals surface area contributed by atoms with E-state index in [1.54, 1.807) is 0 Å². The minimum Gasteiger partial charge on any atom is -0.395 e. The summed E-state index contributed by atoms with van der Waals surface area (Å²) < 4.78 is 2.02. The number of aliphatic hydroxyl groups excluding tert-OH is 1. The van der Waals surface area contributed by atoms with Gasteiger partial charge >= 0.3 is 0 Å². The van der Waals surface area contributed by atoms with Gasteiger partial charge in [0, 0.05) is 17.1 Å². The fraction of sp³-hybridized carbons (Fsp3) is 0.188. The summed E-state index contributed by atoms with van der Waals surface area (Å²) >= 11 is 6.03. The Bertz CT molecular complexity index is 747. The highest BCUT2D eigenvalue weighted by Crippen LogP contribution is 2.26.